The van der Waals surface area contributed by atoms with Crippen molar-refractivity contribution in [3.63, 3.8) is 0 Å². The number of benzene rings is 2. The molecule has 1 aliphatic heterocycles. The van der Waals surface area contributed by atoms with Gasteiger partial charge in [0.25, 0.3) is 0 Å². The SMILES string of the molecule is CCCCOC(=O)C1=C(C)Nc2n[nH]c(-c3ccccc3)c2C1c1ccc(F)cc1Cl. The molecule has 0 saturated carbocycles. The Morgan fingerprint density at radius 2 is 2.00 bits per heavy atom. The molecule has 0 spiro atoms. The predicted octanol–water partition coefficient (Wildman–Crippen LogP) is 6.04. The van der Waals surface area contributed by atoms with E-state index in [2.05, 4.69) is 15.5 Å². The van der Waals surface area contributed by atoms with E-state index in [1.165, 1.54) is 12.1 Å². The van der Waals surface area contributed by atoms with Crippen LogP contribution >= 0.6 is 11.6 Å². The zero-order valence-electron chi connectivity index (χ0n) is 17.3. The molecule has 2 N–H and O–H groups in total. The van der Waals surface area contributed by atoms with E-state index >= 15 is 0 Å². The molecule has 0 amide bonds. The van der Waals surface area contributed by atoms with Gasteiger partial charge >= 0.3 is 5.97 Å². The van der Waals surface area contributed by atoms with Gasteiger partial charge in [-0.2, -0.15) is 5.10 Å². The predicted molar refractivity (Wildman–Crippen MR) is 119 cm³/mol. The highest BCUT2D eigenvalue weighted by Crippen LogP contribution is 2.47. The van der Waals surface area contributed by atoms with Crippen LogP contribution < -0.4 is 5.32 Å². The number of esters is 1. The second-order valence-corrected chi connectivity index (χ2v) is 7.89. The number of rotatable bonds is 6. The van der Waals surface area contributed by atoms with Gasteiger partial charge in [0.1, 0.15) is 5.82 Å². The molecule has 7 heteroatoms. The van der Waals surface area contributed by atoms with Gasteiger partial charge in [0, 0.05) is 16.3 Å². The minimum Gasteiger partial charge on any atom is -0.462 e. The van der Waals surface area contributed by atoms with Crippen molar-refractivity contribution < 1.29 is 13.9 Å². The molecule has 31 heavy (non-hydrogen) atoms. The Kier molecular flexibility index (Phi) is 6.09. The summed E-state index contributed by atoms with van der Waals surface area (Å²) in [5.41, 5.74) is 4.14. The van der Waals surface area contributed by atoms with Gasteiger partial charge in [-0.1, -0.05) is 61.3 Å². The zero-order chi connectivity index (χ0) is 22.0. The summed E-state index contributed by atoms with van der Waals surface area (Å²) in [6.07, 6.45) is 1.69. The van der Waals surface area contributed by atoms with Crippen LogP contribution in [0.25, 0.3) is 11.3 Å². The molecule has 3 aromatic rings. The van der Waals surface area contributed by atoms with E-state index < -0.39 is 17.7 Å². The van der Waals surface area contributed by atoms with Gasteiger partial charge in [-0.15, -0.1) is 0 Å². The Bertz CT molecular complexity index is 1140. The second-order valence-electron chi connectivity index (χ2n) is 7.48. The molecule has 5 nitrogen and oxygen atoms in total. The lowest BCUT2D eigenvalue weighted by Gasteiger charge is -2.28. The molecule has 1 aliphatic rings. The number of nitrogens with one attached hydrogen (secondary N) is 2. The van der Waals surface area contributed by atoms with Crippen molar-refractivity contribution in [1.29, 1.82) is 0 Å². The van der Waals surface area contributed by atoms with Crippen molar-refractivity contribution in [2.75, 3.05) is 11.9 Å². The van der Waals surface area contributed by atoms with E-state index in [1.54, 1.807) is 13.0 Å². The maximum Gasteiger partial charge on any atom is 0.336 e. The van der Waals surface area contributed by atoms with Gasteiger partial charge in [0.2, 0.25) is 0 Å². The lowest BCUT2D eigenvalue weighted by molar-refractivity contribution is -0.139. The summed E-state index contributed by atoms with van der Waals surface area (Å²) in [5.74, 6) is -0.819. The van der Waals surface area contributed by atoms with Gasteiger partial charge < -0.3 is 10.1 Å². The Balaban J connectivity index is 1.89. The van der Waals surface area contributed by atoms with Crippen LogP contribution in [0.2, 0.25) is 5.02 Å². The first kappa shape index (κ1) is 21.1. The largest absolute Gasteiger partial charge is 0.462 e. The Morgan fingerprint density at radius 3 is 2.71 bits per heavy atom. The maximum absolute atomic E-state index is 13.8. The van der Waals surface area contributed by atoms with Crippen LogP contribution in [-0.2, 0) is 9.53 Å². The summed E-state index contributed by atoms with van der Waals surface area (Å²) < 4.78 is 19.4. The number of ether oxygens (including phenoxy) is 1. The number of halogens is 2. The molecule has 0 bridgehead atoms. The highest BCUT2D eigenvalue weighted by Gasteiger charge is 2.38. The van der Waals surface area contributed by atoms with E-state index in [-0.39, 0.29) is 5.02 Å². The molecular weight excluding hydrogens is 417 g/mol. The van der Waals surface area contributed by atoms with Crippen molar-refractivity contribution in [2.45, 2.75) is 32.6 Å². The number of carbonyl (C=O) groups is 1. The third kappa shape index (κ3) is 4.08. The maximum atomic E-state index is 13.8. The third-order valence-corrected chi connectivity index (χ3v) is 5.71. The van der Waals surface area contributed by atoms with Crippen LogP contribution in [0.5, 0.6) is 0 Å². The fourth-order valence-corrected chi connectivity index (χ4v) is 4.14. The van der Waals surface area contributed by atoms with Gasteiger partial charge in [0.05, 0.1) is 23.8 Å². The molecule has 0 saturated heterocycles. The fraction of sp³-hybridized carbons (Fsp3) is 0.250. The van der Waals surface area contributed by atoms with E-state index in [0.717, 1.165) is 29.7 Å². The van der Waals surface area contributed by atoms with E-state index in [0.29, 0.717) is 29.3 Å². The van der Waals surface area contributed by atoms with E-state index in [1.807, 2.05) is 37.3 Å². The molecule has 1 atom stereocenters. The minimum absolute atomic E-state index is 0.240. The summed E-state index contributed by atoms with van der Waals surface area (Å²) in [6, 6.07) is 13.9. The fourth-order valence-electron chi connectivity index (χ4n) is 3.86. The summed E-state index contributed by atoms with van der Waals surface area (Å²) in [7, 11) is 0. The summed E-state index contributed by atoms with van der Waals surface area (Å²) in [6.45, 7) is 4.17. The van der Waals surface area contributed by atoms with Crippen molar-refractivity contribution in [3.8, 4) is 11.3 Å². The van der Waals surface area contributed by atoms with Gasteiger partial charge in [-0.25, -0.2) is 9.18 Å². The van der Waals surface area contributed by atoms with Crippen molar-refractivity contribution >= 4 is 23.4 Å². The van der Waals surface area contributed by atoms with Crippen LogP contribution in [0.3, 0.4) is 0 Å². The average molecular weight is 440 g/mol. The molecule has 1 aromatic heterocycles. The van der Waals surface area contributed by atoms with Gasteiger partial charge in [-0.3, -0.25) is 5.10 Å². The van der Waals surface area contributed by atoms with Crippen molar-refractivity contribution in [3.05, 3.63) is 81.8 Å². The Labute approximate surface area is 185 Å². The van der Waals surface area contributed by atoms with Crippen molar-refractivity contribution in [2.24, 2.45) is 0 Å². The monoisotopic (exact) mass is 439 g/mol. The molecule has 1 unspecified atom stereocenters. The summed E-state index contributed by atoms with van der Waals surface area (Å²) >= 11 is 6.47. The topological polar surface area (TPSA) is 67.0 Å². The third-order valence-electron chi connectivity index (χ3n) is 5.38. The number of hydrogen-bond donors (Lipinski definition) is 2. The number of fused-ring (bicyclic) bond motifs is 1. The number of aromatic amines is 1. The number of allylic oxidation sites excluding steroid dienone is 1. The number of hydrogen-bond acceptors (Lipinski definition) is 4. The number of anilines is 1. The molecule has 0 aliphatic carbocycles. The Hall–Kier alpha value is -3.12. The molecule has 4 rings (SSSR count). The average Bonchev–Trinajstić information content (AvgIpc) is 3.17. The highest BCUT2D eigenvalue weighted by molar-refractivity contribution is 6.31. The minimum atomic E-state index is -0.563. The van der Waals surface area contributed by atoms with Gasteiger partial charge in [0.15, 0.2) is 5.82 Å². The van der Waals surface area contributed by atoms with Crippen molar-refractivity contribution in [1.82, 2.24) is 10.2 Å². The Morgan fingerprint density at radius 1 is 1.23 bits per heavy atom. The second kappa shape index (κ2) is 8.94. The smallest absolute Gasteiger partial charge is 0.336 e. The van der Waals surface area contributed by atoms with Crippen LogP contribution in [0.4, 0.5) is 10.2 Å². The molecule has 2 heterocycles. The normalized spacial score (nSPS) is 15.4. The van der Waals surface area contributed by atoms with Crippen LogP contribution in [-0.4, -0.2) is 22.8 Å². The molecule has 0 fully saturated rings. The van der Waals surface area contributed by atoms with Crippen LogP contribution in [0.1, 0.15) is 43.7 Å². The summed E-state index contributed by atoms with van der Waals surface area (Å²) in [5, 5.41) is 11.0. The van der Waals surface area contributed by atoms with Gasteiger partial charge in [-0.05, 0) is 36.6 Å². The van der Waals surface area contributed by atoms with Crippen LogP contribution in [0, 0.1) is 5.82 Å². The number of carbonyl (C=O) groups excluding carboxylic acids is 1. The quantitative estimate of drug-likeness (QED) is 0.362. The molecule has 2 aromatic carbocycles. The van der Waals surface area contributed by atoms with E-state index in [9.17, 15) is 9.18 Å². The first-order valence-corrected chi connectivity index (χ1v) is 10.6. The first-order chi connectivity index (χ1) is 15.0. The lowest BCUT2D eigenvalue weighted by atomic mass is 9.80. The highest BCUT2D eigenvalue weighted by atomic mass is 35.5. The van der Waals surface area contributed by atoms with Crippen LogP contribution in [0.15, 0.2) is 59.8 Å². The molecule has 0 radical (unpaired) electrons. The number of unbranched alkanes of at least 4 members (excludes halogenated alkanes) is 1. The molecule has 160 valence electrons. The number of H-pyrrole nitrogens is 1. The first-order valence-electron chi connectivity index (χ1n) is 10.2. The van der Waals surface area contributed by atoms with E-state index in [4.69, 9.17) is 16.3 Å². The number of nitrogens with zero attached hydrogens (tertiary/aromatic N) is 1. The molecular formula is C24H23ClFN3O2. The zero-order valence-corrected chi connectivity index (χ0v) is 18.1. The number of aromatic nitrogens is 2. The lowest BCUT2D eigenvalue weighted by Crippen LogP contribution is -2.25. The standard InChI is InChI=1S/C24H23ClFN3O2/c1-3-4-12-31-24(30)19-14(2)27-23-21(20(19)17-11-10-16(26)13-18(17)25)22(28-29-23)15-8-6-5-7-9-15/h5-11,13,20H,3-4,12H2,1-2H3,(H2,27,28,29). The summed E-state index contributed by atoms with van der Waals surface area (Å²) in [4.78, 5) is 13.2.